The largest absolute Gasteiger partial charge is 0.342 e. The number of fused-ring (bicyclic) bond motifs is 1. The van der Waals surface area contributed by atoms with Crippen LogP contribution in [0.15, 0.2) is 30.5 Å². The van der Waals surface area contributed by atoms with E-state index in [9.17, 15) is 4.79 Å². The van der Waals surface area contributed by atoms with Gasteiger partial charge in [0.05, 0.1) is 22.8 Å². The standard InChI is InChI=1S/C19H23N5O/c1-2-6-15-14(11-20-23-15)19(25)24-10-5-7-13(12-24)18-21-16-8-3-4-9-17(16)22-18/h3-4,8-9,11,13H,2,5-7,10,12H2,1H3,(H,20,23)(H,21,22). The molecule has 25 heavy (non-hydrogen) atoms. The lowest BCUT2D eigenvalue weighted by Gasteiger charge is -2.31. The molecule has 1 unspecified atom stereocenters. The van der Waals surface area contributed by atoms with Gasteiger partial charge in [0.15, 0.2) is 0 Å². The molecule has 1 saturated heterocycles. The van der Waals surface area contributed by atoms with Crippen molar-refractivity contribution < 1.29 is 4.79 Å². The van der Waals surface area contributed by atoms with Crippen molar-refractivity contribution >= 4 is 16.9 Å². The highest BCUT2D eigenvalue weighted by Crippen LogP contribution is 2.28. The number of likely N-dealkylation sites (tertiary alicyclic amines) is 1. The molecule has 0 radical (unpaired) electrons. The summed E-state index contributed by atoms with van der Waals surface area (Å²) in [5, 5.41) is 7.04. The van der Waals surface area contributed by atoms with Crippen LogP contribution in [0.1, 0.15) is 54.0 Å². The lowest BCUT2D eigenvalue weighted by Crippen LogP contribution is -2.39. The van der Waals surface area contributed by atoms with E-state index in [1.165, 1.54) is 0 Å². The van der Waals surface area contributed by atoms with E-state index in [1.54, 1.807) is 6.20 Å². The van der Waals surface area contributed by atoms with Crippen molar-refractivity contribution in [3.05, 3.63) is 47.5 Å². The molecule has 1 aliphatic rings. The molecular weight excluding hydrogens is 314 g/mol. The first-order chi connectivity index (χ1) is 12.3. The zero-order valence-electron chi connectivity index (χ0n) is 14.5. The molecule has 1 aromatic carbocycles. The summed E-state index contributed by atoms with van der Waals surface area (Å²) < 4.78 is 0. The number of piperidine rings is 1. The van der Waals surface area contributed by atoms with Gasteiger partial charge in [0, 0.05) is 24.7 Å². The van der Waals surface area contributed by atoms with E-state index in [0.717, 1.165) is 54.8 Å². The lowest BCUT2D eigenvalue weighted by atomic mass is 9.96. The van der Waals surface area contributed by atoms with Crippen molar-refractivity contribution in [3.8, 4) is 0 Å². The van der Waals surface area contributed by atoms with Crippen LogP contribution in [0, 0.1) is 0 Å². The Labute approximate surface area is 146 Å². The Morgan fingerprint density at radius 2 is 2.24 bits per heavy atom. The van der Waals surface area contributed by atoms with E-state index in [0.29, 0.717) is 12.1 Å². The van der Waals surface area contributed by atoms with Crippen molar-refractivity contribution in [1.29, 1.82) is 0 Å². The molecular formula is C19H23N5O. The second-order valence-corrected chi connectivity index (χ2v) is 6.74. The number of carbonyl (C=O) groups is 1. The third-order valence-corrected chi connectivity index (χ3v) is 4.95. The van der Waals surface area contributed by atoms with Crippen LogP contribution >= 0.6 is 0 Å². The molecule has 2 aromatic heterocycles. The zero-order valence-corrected chi connectivity index (χ0v) is 14.5. The molecule has 4 rings (SSSR count). The van der Waals surface area contributed by atoms with Gasteiger partial charge >= 0.3 is 0 Å². The zero-order chi connectivity index (χ0) is 17.2. The quantitative estimate of drug-likeness (QED) is 0.767. The second-order valence-electron chi connectivity index (χ2n) is 6.74. The Hall–Kier alpha value is -2.63. The molecule has 3 aromatic rings. The van der Waals surface area contributed by atoms with Gasteiger partial charge in [-0.2, -0.15) is 5.10 Å². The normalized spacial score (nSPS) is 18.0. The SMILES string of the molecule is CCCc1[nH]ncc1C(=O)N1CCCC(c2nc3ccccc3[nH]2)C1. The highest BCUT2D eigenvalue weighted by molar-refractivity contribution is 5.95. The minimum atomic E-state index is 0.0815. The van der Waals surface area contributed by atoms with Crippen LogP contribution in [0.2, 0.25) is 0 Å². The number of amides is 1. The number of hydrogen-bond acceptors (Lipinski definition) is 3. The number of aromatic amines is 2. The fraction of sp³-hybridized carbons (Fsp3) is 0.421. The van der Waals surface area contributed by atoms with Crippen LogP contribution in [-0.2, 0) is 6.42 Å². The van der Waals surface area contributed by atoms with Crippen molar-refractivity contribution in [2.45, 2.75) is 38.5 Å². The summed E-state index contributed by atoms with van der Waals surface area (Å²) in [6.07, 6.45) is 5.55. The molecule has 130 valence electrons. The van der Waals surface area contributed by atoms with Gasteiger partial charge in [-0.3, -0.25) is 9.89 Å². The molecule has 6 heteroatoms. The summed E-state index contributed by atoms with van der Waals surface area (Å²) in [6, 6.07) is 8.07. The van der Waals surface area contributed by atoms with Gasteiger partial charge in [-0.25, -0.2) is 4.98 Å². The molecule has 1 amide bonds. The number of benzene rings is 1. The smallest absolute Gasteiger partial charge is 0.257 e. The topological polar surface area (TPSA) is 77.7 Å². The monoisotopic (exact) mass is 337 g/mol. The number of H-pyrrole nitrogens is 2. The van der Waals surface area contributed by atoms with Crippen LogP contribution in [0.25, 0.3) is 11.0 Å². The fourth-order valence-corrected chi connectivity index (χ4v) is 3.66. The maximum absolute atomic E-state index is 12.9. The summed E-state index contributed by atoms with van der Waals surface area (Å²) in [6.45, 7) is 3.61. The highest BCUT2D eigenvalue weighted by Gasteiger charge is 2.28. The van der Waals surface area contributed by atoms with Gasteiger partial charge in [-0.05, 0) is 31.4 Å². The predicted octanol–water partition coefficient (Wildman–Crippen LogP) is 3.26. The van der Waals surface area contributed by atoms with Crippen LogP contribution in [0.5, 0.6) is 0 Å². The Balaban J connectivity index is 1.54. The molecule has 0 bridgehead atoms. The molecule has 2 N–H and O–H groups in total. The number of hydrogen-bond donors (Lipinski definition) is 2. The summed E-state index contributed by atoms with van der Waals surface area (Å²) >= 11 is 0. The van der Waals surface area contributed by atoms with Crippen molar-refractivity contribution in [3.63, 3.8) is 0 Å². The maximum Gasteiger partial charge on any atom is 0.257 e. The molecule has 3 heterocycles. The minimum Gasteiger partial charge on any atom is -0.342 e. The van der Waals surface area contributed by atoms with Gasteiger partial charge in [0.1, 0.15) is 5.82 Å². The Kier molecular flexibility index (Phi) is 4.26. The number of aromatic nitrogens is 4. The Morgan fingerprint density at radius 1 is 1.36 bits per heavy atom. The van der Waals surface area contributed by atoms with E-state index in [4.69, 9.17) is 4.98 Å². The van der Waals surface area contributed by atoms with Crippen LogP contribution in [-0.4, -0.2) is 44.1 Å². The first-order valence-electron chi connectivity index (χ1n) is 9.02. The van der Waals surface area contributed by atoms with Crippen molar-refractivity contribution in [2.24, 2.45) is 0 Å². The molecule has 1 atom stereocenters. The highest BCUT2D eigenvalue weighted by atomic mass is 16.2. The summed E-state index contributed by atoms with van der Waals surface area (Å²) in [7, 11) is 0. The Bertz CT molecular complexity index is 848. The summed E-state index contributed by atoms with van der Waals surface area (Å²) in [4.78, 5) is 23.0. The number of nitrogens with one attached hydrogen (secondary N) is 2. The second kappa shape index (κ2) is 6.70. The van der Waals surface area contributed by atoms with E-state index in [2.05, 4.69) is 22.1 Å². The van der Waals surface area contributed by atoms with Crippen LogP contribution in [0.3, 0.4) is 0 Å². The third-order valence-electron chi connectivity index (χ3n) is 4.95. The molecule has 1 aliphatic heterocycles. The lowest BCUT2D eigenvalue weighted by molar-refractivity contribution is 0.0704. The van der Waals surface area contributed by atoms with E-state index in [1.807, 2.05) is 29.2 Å². The van der Waals surface area contributed by atoms with E-state index >= 15 is 0 Å². The van der Waals surface area contributed by atoms with E-state index in [-0.39, 0.29) is 11.8 Å². The Morgan fingerprint density at radius 3 is 3.08 bits per heavy atom. The van der Waals surface area contributed by atoms with Crippen LogP contribution in [0.4, 0.5) is 0 Å². The summed E-state index contributed by atoms with van der Waals surface area (Å²) in [5.41, 5.74) is 3.70. The molecule has 0 aliphatic carbocycles. The number of aryl methyl sites for hydroxylation is 1. The van der Waals surface area contributed by atoms with Crippen LogP contribution < -0.4 is 0 Å². The average Bonchev–Trinajstić information content (AvgIpc) is 3.28. The first kappa shape index (κ1) is 15.9. The molecule has 0 spiro atoms. The van der Waals surface area contributed by atoms with Crippen molar-refractivity contribution in [1.82, 2.24) is 25.1 Å². The maximum atomic E-state index is 12.9. The molecule has 6 nitrogen and oxygen atoms in total. The number of carbonyl (C=O) groups excluding carboxylic acids is 1. The first-order valence-corrected chi connectivity index (χ1v) is 9.02. The average molecular weight is 337 g/mol. The number of rotatable bonds is 4. The molecule has 1 fully saturated rings. The number of imidazole rings is 1. The third kappa shape index (κ3) is 3.04. The van der Waals surface area contributed by atoms with Crippen molar-refractivity contribution in [2.75, 3.05) is 13.1 Å². The summed E-state index contributed by atoms with van der Waals surface area (Å²) in [5.74, 6) is 1.32. The number of para-hydroxylation sites is 2. The van der Waals surface area contributed by atoms with Gasteiger partial charge < -0.3 is 9.88 Å². The van der Waals surface area contributed by atoms with Gasteiger partial charge in [-0.15, -0.1) is 0 Å². The van der Waals surface area contributed by atoms with Gasteiger partial charge in [0.2, 0.25) is 0 Å². The minimum absolute atomic E-state index is 0.0815. The van der Waals surface area contributed by atoms with E-state index < -0.39 is 0 Å². The number of nitrogens with zero attached hydrogens (tertiary/aromatic N) is 3. The van der Waals surface area contributed by atoms with Gasteiger partial charge in [0.25, 0.3) is 5.91 Å². The fourth-order valence-electron chi connectivity index (χ4n) is 3.66. The molecule has 0 saturated carbocycles. The predicted molar refractivity (Wildman–Crippen MR) is 96.6 cm³/mol. The van der Waals surface area contributed by atoms with Gasteiger partial charge in [-0.1, -0.05) is 25.5 Å².